The van der Waals surface area contributed by atoms with Gasteiger partial charge in [-0.1, -0.05) is 0 Å². The van der Waals surface area contributed by atoms with E-state index in [2.05, 4.69) is 15.4 Å². The van der Waals surface area contributed by atoms with Gasteiger partial charge in [0.25, 0.3) is 0 Å². The second-order valence-electron chi connectivity index (χ2n) is 1.15. The van der Waals surface area contributed by atoms with Crippen LogP contribution in [0.4, 0.5) is 5.82 Å². The van der Waals surface area contributed by atoms with Crippen LogP contribution in [0.5, 0.6) is 0 Å². The molecule has 0 saturated heterocycles. The van der Waals surface area contributed by atoms with E-state index < -0.39 is 0 Å². The maximum absolute atomic E-state index is 8.35. The maximum atomic E-state index is 8.35. The first kappa shape index (κ1) is 8.19. The number of rotatable bonds is 0. The molecular formula is C4H5N5O. The van der Waals surface area contributed by atoms with Crippen LogP contribution in [0.1, 0.15) is 0 Å². The Morgan fingerprint density at radius 2 is 2.30 bits per heavy atom. The van der Waals surface area contributed by atoms with Crippen molar-refractivity contribution >= 4 is 11.9 Å². The normalized spacial score (nSPS) is 6.80. The summed E-state index contributed by atoms with van der Waals surface area (Å²) in [5, 5.41) is 15.5. The minimum Gasteiger partial charge on any atom is -0.382 e. The summed E-state index contributed by atoms with van der Waals surface area (Å²) in [7, 11) is 0. The Bertz CT molecular complexity index is 204. The molecule has 3 N–H and O–H groups in total. The first-order valence-corrected chi connectivity index (χ1v) is 2.25. The summed E-state index contributed by atoms with van der Waals surface area (Å²) < 4.78 is 0. The first-order valence-electron chi connectivity index (χ1n) is 2.25. The molecule has 6 heteroatoms. The van der Waals surface area contributed by atoms with Crippen LogP contribution in [0.2, 0.25) is 0 Å². The lowest BCUT2D eigenvalue weighted by Gasteiger charge is -1.80. The van der Waals surface area contributed by atoms with Gasteiger partial charge in [0.2, 0.25) is 6.08 Å². The van der Waals surface area contributed by atoms with Crippen LogP contribution >= 0.6 is 0 Å². The molecule has 0 atom stereocenters. The number of nitrogens with two attached hydrogens (primary N) is 1. The van der Waals surface area contributed by atoms with Crippen molar-refractivity contribution in [1.82, 2.24) is 15.4 Å². The highest BCUT2D eigenvalue weighted by Gasteiger charge is 1.76. The van der Waals surface area contributed by atoms with Crippen LogP contribution in [0.3, 0.4) is 0 Å². The molecule has 0 spiro atoms. The molecule has 0 aromatic carbocycles. The summed E-state index contributed by atoms with van der Waals surface area (Å²) in [5.74, 6) is 0.398. The van der Waals surface area contributed by atoms with Gasteiger partial charge >= 0.3 is 0 Å². The zero-order chi connectivity index (χ0) is 7.82. The lowest BCUT2D eigenvalue weighted by molar-refractivity contribution is 0.563. The largest absolute Gasteiger partial charge is 0.382 e. The van der Waals surface area contributed by atoms with E-state index in [9.17, 15) is 0 Å². The Morgan fingerprint density at radius 1 is 1.70 bits per heavy atom. The van der Waals surface area contributed by atoms with Crippen molar-refractivity contribution in [1.29, 1.82) is 5.41 Å². The highest BCUT2D eigenvalue weighted by Crippen LogP contribution is 1.83. The Labute approximate surface area is 56.6 Å². The summed E-state index contributed by atoms with van der Waals surface area (Å²) in [5.41, 5.74) is 5.14. The third-order valence-electron chi connectivity index (χ3n) is 0.524. The lowest BCUT2D eigenvalue weighted by atomic mass is 10.6. The van der Waals surface area contributed by atoms with Gasteiger partial charge in [0.15, 0.2) is 0 Å². The molecule has 0 bridgehead atoms. The zero-order valence-corrected chi connectivity index (χ0v) is 4.98. The minimum absolute atomic E-state index is 0.398. The summed E-state index contributed by atoms with van der Waals surface area (Å²) >= 11 is 0. The van der Waals surface area contributed by atoms with E-state index in [-0.39, 0.29) is 0 Å². The summed E-state index contributed by atoms with van der Waals surface area (Å²) in [6, 6.07) is 1.58. The number of aromatic nitrogens is 3. The second-order valence-corrected chi connectivity index (χ2v) is 1.15. The average Bonchev–Trinajstić information content (AvgIpc) is 1.91. The molecule has 0 aliphatic heterocycles. The molecule has 0 aliphatic rings. The van der Waals surface area contributed by atoms with E-state index in [1.54, 1.807) is 6.07 Å². The third-order valence-corrected chi connectivity index (χ3v) is 0.524. The minimum atomic E-state index is 0.398. The number of nitrogens with one attached hydrogen (secondary N) is 1. The highest BCUT2D eigenvalue weighted by molar-refractivity contribution is 5.26. The standard InChI is InChI=1S/C3H4N4.CHNO/c4-3-1-2-5-7-6-3;2-1-3/h1-2H,(H2,4,5,6);2H. The Balaban J connectivity index is 0.000000236. The quantitative estimate of drug-likeness (QED) is 0.367. The van der Waals surface area contributed by atoms with Crippen LogP contribution in [0.15, 0.2) is 12.3 Å². The van der Waals surface area contributed by atoms with Gasteiger partial charge in [0.1, 0.15) is 5.82 Å². The summed E-state index contributed by atoms with van der Waals surface area (Å²) in [6.07, 6.45) is 2.24. The fourth-order valence-electron chi connectivity index (χ4n) is 0.250. The van der Waals surface area contributed by atoms with E-state index >= 15 is 0 Å². The van der Waals surface area contributed by atoms with E-state index in [1.165, 1.54) is 6.20 Å². The predicted octanol–water partition coefficient (Wildman–Crippen LogP) is -0.645. The zero-order valence-electron chi connectivity index (χ0n) is 4.98. The van der Waals surface area contributed by atoms with Gasteiger partial charge in [-0.2, -0.15) is 0 Å². The first-order chi connectivity index (χ1) is 4.81. The summed E-state index contributed by atoms with van der Waals surface area (Å²) in [6.45, 7) is 0. The fourth-order valence-corrected chi connectivity index (χ4v) is 0.250. The lowest BCUT2D eigenvalue weighted by Crippen LogP contribution is -1.91. The Hall–Kier alpha value is -1.81. The SMILES string of the molecule is N=C=O.Nc1ccnnn1. The number of isocyanates is 1. The van der Waals surface area contributed by atoms with Crippen LogP contribution < -0.4 is 5.73 Å². The predicted molar refractivity (Wildman–Crippen MR) is 32.7 cm³/mol. The highest BCUT2D eigenvalue weighted by atomic mass is 16.1. The molecule has 1 heterocycles. The van der Waals surface area contributed by atoms with Gasteiger partial charge in [0.05, 0.1) is 6.20 Å². The number of nitrogens with zero attached hydrogens (tertiary/aromatic N) is 3. The van der Waals surface area contributed by atoms with E-state index in [0.29, 0.717) is 5.82 Å². The number of nitrogen functional groups attached to an aromatic ring is 1. The smallest absolute Gasteiger partial charge is 0.231 e. The van der Waals surface area contributed by atoms with Crippen molar-refractivity contribution in [3.8, 4) is 0 Å². The molecule has 0 unspecified atom stereocenters. The monoisotopic (exact) mass is 139 g/mol. The fraction of sp³-hybridized carbons (Fsp3) is 0. The molecule has 0 amide bonds. The van der Waals surface area contributed by atoms with Crippen molar-refractivity contribution in [3.05, 3.63) is 12.3 Å². The molecule has 0 saturated carbocycles. The summed E-state index contributed by atoms with van der Waals surface area (Å²) in [4.78, 5) is 8.35. The molecule has 52 valence electrons. The van der Waals surface area contributed by atoms with Crippen molar-refractivity contribution in [3.63, 3.8) is 0 Å². The van der Waals surface area contributed by atoms with Crippen LogP contribution in [-0.4, -0.2) is 21.5 Å². The molecule has 1 rings (SSSR count). The molecule has 0 fully saturated rings. The van der Waals surface area contributed by atoms with Crippen molar-refractivity contribution in [2.24, 2.45) is 0 Å². The maximum Gasteiger partial charge on any atom is 0.231 e. The third kappa shape index (κ3) is 4.35. The van der Waals surface area contributed by atoms with Crippen molar-refractivity contribution in [2.45, 2.75) is 0 Å². The Kier molecular flexibility index (Phi) is 4.36. The molecule has 1 aromatic heterocycles. The van der Waals surface area contributed by atoms with Gasteiger partial charge in [-0.3, -0.25) is 0 Å². The van der Waals surface area contributed by atoms with Gasteiger partial charge < -0.3 is 5.73 Å². The molecular weight excluding hydrogens is 134 g/mol. The Morgan fingerprint density at radius 3 is 2.50 bits per heavy atom. The molecule has 1 aromatic rings. The van der Waals surface area contributed by atoms with E-state index in [4.69, 9.17) is 15.9 Å². The van der Waals surface area contributed by atoms with Gasteiger partial charge in [0, 0.05) is 6.07 Å². The van der Waals surface area contributed by atoms with Crippen molar-refractivity contribution < 1.29 is 4.79 Å². The van der Waals surface area contributed by atoms with Gasteiger partial charge in [-0.05, 0) is 5.21 Å². The number of carbonyl (C=O) groups excluding carboxylic acids is 1. The number of anilines is 1. The van der Waals surface area contributed by atoms with E-state index in [1.807, 2.05) is 0 Å². The van der Waals surface area contributed by atoms with Crippen LogP contribution in [0, 0.1) is 5.41 Å². The number of hydrogen-bond donors (Lipinski definition) is 2. The van der Waals surface area contributed by atoms with Crippen molar-refractivity contribution in [2.75, 3.05) is 5.73 Å². The van der Waals surface area contributed by atoms with Crippen LogP contribution in [0.25, 0.3) is 0 Å². The average molecular weight is 139 g/mol. The van der Waals surface area contributed by atoms with E-state index in [0.717, 1.165) is 6.08 Å². The number of hydrogen-bond acceptors (Lipinski definition) is 6. The molecule has 10 heavy (non-hydrogen) atoms. The molecule has 0 aliphatic carbocycles. The molecule has 6 nitrogen and oxygen atoms in total. The van der Waals surface area contributed by atoms with Gasteiger partial charge in [-0.15, -0.1) is 10.2 Å². The topological polar surface area (TPSA) is 106 Å². The second kappa shape index (κ2) is 5.33. The molecule has 0 radical (unpaired) electrons. The van der Waals surface area contributed by atoms with Gasteiger partial charge in [-0.25, -0.2) is 10.2 Å². The van der Waals surface area contributed by atoms with Crippen LogP contribution in [-0.2, 0) is 4.79 Å².